The number of nitriles is 1. The van der Waals surface area contributed by atoms with Crippen LogP contribution in [0.15, 0.2) is 24.3 Å². The van der Waals surface area contributed by atoms with Crippen LogP contribution >= 0.6 is 0 Å². The highest BCUT2D eigenvalue weighted by molar-refractivity contribution is 6.01. The summed E-state index contributed by atoms with van der Waals surface area (Å²) in [5, 5.41) is 14.5. The lowest BCUT2D eigenvalue weighted by molar-refractivity contribution is -0.126. The van der Waals surface area contributed by atoms with Crippen LogP contribution in [0, 0.1) is 11.3 Å². The Bertz CT molecular complexity index is 854. The number of carbonyl (C=O) groups is 4. The van der Waals surface area contributed by atoms with Crippen LogP contribution in [0.25, 0.3) is 0 Å². The smallest absolute Gasteiger partial charge is 0.338 e. The van der Waals surface area contributed by atoms with Gasteiger partial charge in [0.25, 0.3) is 5.91 Å². The molecule has 1 saturated heterocycles. The predicted molar refractivity (Wildman–Crippen MR) is 100 cm³/mol. The van der Waals surface area contributed by atoms with Crippen molar-refractivity contribution in [3.63, 3.8) is 0 Å². The maximum atomic E-state index is 12.3. The summed E-state index contributed by atoms with van der Waals surface area (Å²) < 4.78 is 5.07. The van der Waals surface area contributed by atoms with Gasteiger partial charge in [-0.2, -0.15) is 5.26 Å². The molecule has 2 fully saturated rings. The van der Waals surface area contributed by atoms with E-state index in [2.05, 4.69) is 16.7 Å². The number of amides is 4. The zero-order valence-electron chi connectivity index (χ0n) is 15.9. The minimum Gasteiger partial charge on any atom is -0.452 e. The summed E-state index contributed by atoms with van der Waals surface area (Å²) >= 11 is 0. The van der Waals surface area contributed by atoms with Gasteiger partial charge in [0.15, 0.2) is 6.61 Å². The lowest BCUT2D eigenvalue weighted by atomic mass is 9.83. The number of carbonyl (C=O) groups excluding carboxylic acids is 4. The SMILES string of the molecule is N#CC1(NC(=O)COC(=O)c2cccc(CN3C(=O)CNC3=O)c2)CCCCC1. The molecule has 2 aliphatic rings. The van der Waals surface area contributed by atoms with Crippen molar-refractivity contribution in [3.05, 3.63) is 35.4 Å². The largest absolute Gasteiger partial charge is 0.452 e. The summed E-state index contributed by atoms with van der Waals surface area (Å²) in [6.45, 7) is -0.490. The molecule has 0 spiro atoms. The number of benzene rings is 1. The first kappa shape index (κ1) is 20.3. The number of imide groups is 1. The van der Waals surface area contributed by atoms with Gasteiger partial charge in [-0.25, -0.2) is 9.59 Å². The quantitative estimate of drug-likeness (QED) is 0.548. The Hall–Kier alpha value is -3.41. The summed E-state index contributed by atoms with van der Waals surface area (Å²) in [6.07, 6.45) is 3.97. The van der Waals surface area contributed by atoms with Crippen molar-refractivity contribution in [2.24, 2.45) is 0 Å². The second kappa shape index (κ2) is 8.73. The lowest BCUT2D eigenvalue weighted by Gasteiger charge is -2.31. The molecule has 9 heteroatoms. The molecule has 0 aromatic heterocycles. The van der Waals surface area contributed by atoms with E-state index >= 15 is 0 Å². The van der Waals surface area contributed by atoms with Crippen molar-refractivity contribution < 1.29 is 23.9 Å². The number of rotatable bonds is 6. The van der Waals surface area contributed by atoms with E-state index in [-0.39, 0.29) is 24.6 Å². The topological polar surface area (TPSA) is 129 Å². The van der Waals surface area contributed by atoms with Crippen molar-refractivity contribution in [1.29, 1.82) is 5.26 Å². The van der Waals surface area contributed by atoms with Gasteiger partial charge in [0.05, 0.1) is 24.7 Å². The number of esters is 1. The molecule has 2 N–H and O–H groups in total. The number of hydrogen-bond donors (Lipinski definition) is 2. The van der Waals surface area contributed by atoms with Crippen LogP contribution in [0.3, 0.4) is 0 Å². The third-order valence-corrected chi connectivity index (χ3v) is 5.07. The van der Waals surface area contributed by atoms with Crippen LogP contribution in [-0.2, 0) is 20.9 Å². The van der Waals surface area contributed by atoms with E-state index in [1.54, 1.807) is 12.1 Å². The molecule has 4 amide bonds. The van der Waals surface area contributed by atoms with Crippen molar-refractivity contribution in [1.82, 2.24) is 15.5 Å². The minimum absolute atomic E-state index is 0.0387. The number of nitrogens with one attached hydrogen (secondary N) is 2. The molecule has 1 aliphatic carbocycles. The first-order chi connectivity index (χ1) is 13.9. The Morgan fingerprint density at radius 3 is 2.66 bits per heavy atom. The normalized spacial score (nSPS) is 18.0. The molecule has 9 nitrogen and oxygen atoms in total. The average molecular weight is 398 g/mol. The summed E-state index contributed by atoms with van der Waals surface area (Å²) in [4.78, 5) is 48.8. The third-order valence-electron chi connectivity index (χ3n) is 5.07. The molecule has 0 radical (unpaired) electrons. The molecule has 0 atom stereocenters. The molecular weight excluding hydrogens is 376 g/mol. The van der Waals surface area contributed by atoms with Crippen molar-refractivity contribution >= 4 is 23.8 Å². The van der Waals surface area contributed by atoms with Gasteiger partial charge in [-0.3, -0.25) is 14.5 Å². The molecule has 1 aliphatic heterocycles. The second-order valence-electron chi connectivity index (χ2n) is 7.22. The van der Waals surface area contributed by atoms with Crippen LogP contribution in [0.4, 0.5) is 4.79 Å². The molecule has 1 heterocycles. The number of urea groups is 1. The molecule has 3 rings (SSSR count). The Balaban J connectivity index is 1.55. The van der Waals surface area contributed by atoms with E-state index in [0.29, 0.717) is 18.4 Å². The van der Waals surface area contributed by atoms with Crippen LogP contribution in [0.1, 0.15) is 48.0 Å². The standard InChI is InChI=1S/C20H22N4O5/c21-13-20(7-2-1-3-8-20)23-16(25)12-29-18(27)15-6-4-5-14(9-15)11-24-17(26)10-22-19(24)28/h4-6,9H,1-3,7-8,10-12H2,(H,22,28)(H,23,25). The van der Waals surface area contributed by atoms with Gasteiger partial charge >= 0.3 is 12.0 Å². The fraction of sp³-hybridized carbons (Fsp3) is 0.450. The maximum Gasteiger partial charge on any atom is 0.338 e. The predicted octanol–water partition coefficient (Wildman–Crippen LogP) is 1.24. The summed E-state index contributed by atoms with van der Waals surface area (Å²) in [5.41, 5.74) is -0.0974. The minimum atomic E-state index is -0.884. The monoisotopic (exact) mass is 398 g/mol. The van der Waals surface area contributed by atoms with Gasteiger partial charge in [0, 0.05) is 0 Å². The third kappa shape index (κ3) is 4.90. The van der Waals surface area contributed by atoms with Crippen LogP contribution in [0.2, 0.25) is 0 Å². The Kier molecular flexibility index (Phi) is 6.12. The van der Waals surface area contributed by atoms with E-state index in [4.69, 9.17) is 4.74 Å². The lowest BCUT2D eigenvalue weighted by Crippen LogP contribution is -2.50. The molecule has 0 unspecified atom stereocenters. The second-order valence-corrected chi connectivity index (χ2v) is 7.22. The summed E-state index contributed by atoms with van der Waals surface area (Å²) in [6, 6.07) is 8.02. The fourth-order valence-corrected chi connectivity index (χ4v) is 3.53. The Labute approximate surface area is 168 Å². The Morgan fingerprint density at radius 1 is 1.24 bits per heavy atom. The van der Waals surface area contributed by atoms with Gasteiger partial charge in [0.1, 0.15) is 5.54 Å². The van der Waals surface area contributed by atoms with E-state index in [1.165, 1.54) is 12.1 Å². The fourth-order valence-electron chi connectivity index (χ4n) is 3.53. The van der Waals surface area contributed by atoms with E-state index < -0.39 is 30.1 Å². The van der Waals surface area contributed by atoms with Gasteiger partial charge < -0.3 is 15.4 Å². The van der Waals surface area contributed by atoms with E-state index in [1.807, 2.05) is 0 Å². The van der Waals surface area contributed by atoms with Gasteiger partial charge in [-0.15, -0.1) is 0 Å². The molecule has 0 bridgehead atoms. The van der Waals surface area contributed by atoms with Crippen molar-refractivity contribution in [2.75, 3.05) is 13.2 Å². The Morgan fingerprint density at radius 2 is 2.00 bits per heavy atom. The zero-order valence-corrected chi connectivity index (χ0v) is 15.9. The highest BCUT2D eigenvalue weighted by Crippen LogP contribution is 2.27. The molecule has 1 saturated carbocycles. The summed E-state index contributed by atoms with van der Waals surface area (Å²) in [5.74, 6) is -1.56. The van der Waals surface area contributed by atoms with Crippen molar-refractivity contribution in [2.45, 2.75) is 44.2 Å². The van der Waals surface area contributed by atoms with Gasteiger partial charge in [-0.05, 0) is 30.5 Å². The molecule has 29 heavy (non-hydrogen) atoms. The molecule has 1 aromatic carbocycles. The maximum absolute atomic E-state index is 12.3. The molecule has 1 aromatic rings. The molecule has 152 valence electrons. The average Bonchev–Trinajstić information content (AvgIpc) is 3.05. The van der Waals surface area contributed by atoms with Gasteiger partial charge in [-0.1, -0.05) is 31.4 Å². The van der Waals surface area contributed by atoms with Crippen molar-refractivity contribution in [3.8, 4) is 6.07 Å². The number of ether oxygens (including phenoxy) is 1. The first-order valence-corrected chi connectivity index (χ1v) is 9.49. The zero-order chi connectivity index (χ0) is 20.9. The van der Waals surface area contributed by atoms with E-state index in [9.17, 15) is 24.4 Å². The van der Waals surface area contributed by atoms with Crippen LogP contribution in [0.5, 0.6) is 0 Å². The highest BCUT2D eigenvalue weighted by atomic mass is 16.5. The highest BCUT2D eigenvalue weighted by Gasteiger charge is 2.33. The van der Waals surface area contributed by atoms with Crippen LogP contribution in [-0.4, -0.2) is 47.4 Å². The van der Waals surface area contributed by atoms with E-state index in [0.717, 1.165) is 24.2 Å². The first-order valence-electron chi connectivity index (χ1n) is 9.49. The van der Waals surface area contributed by atoms with Crippen LogP contribution < -0.4 is 10.6 Å². The number of hydrogen-bond acceptors (Lipinski definition) is 6. The summed E-state index contributed by atoms with van der Waals surface area (Å²) in [7, 11) is 0. The molecular formula is C20H22N4O5. The van der Waals surface area contributed by atoms with Gasteiger partial charge in [0.2, 0.25) is 5.91 Å². The number of nitrogens with zero attached hydrogens (tertiary/aromatic N) is 2.